The molecule has 1 saturated heterocycles. The Balaban J connectivity index is 1.47. The van der Waals surface area contributed by atoms with Crippen LogP contribution in [-0.4, -0.2) is 70.8 Å². The summed E-state index contributed by atoms with van der Waals surface area (Å²) in [5.41, 5.74) is 3.17. The SMILES string of the molecule is CN(C)C1CCN(C(=O)C(Cc2ccccc2)N(Cc2ccc(-c3ccccn3)cc2)C(=O)C=Cc2ccc(C(F)(F)F)cc2)C1. The predicted octanol–water partition coefficient (Wildman–Crippen LogP) is 6.58. The van der Waals surface area contributed by atoms with E-state index in [1.807, 2.05) is 91.8 Å². The van der Waals surface area contributed by atoms with E-state index in [1.165, 1.54) is 24.3 Å². The van der Waals surface area contributed by atoms with E-state index in [2.05, 4.69) is 9.88 Å². The van der Waals surface area contributed by atoms with Gasteiger partial charge in [-0.15, -0.1) is 0 Å². The van der Waals surface area contributed by atoms with Crippen molar-refractivity contribution in [3.63, 3.8) is 0 Å². The van der Waals surface area contributed by atoms with Crippen LogP contribution in [0.3, 0.4) is 0 Å². The fourth-order valence-corrected chi connectivity index (χ4v) is 5.64. The Morgan fingerprint density at radius 3 is 2.22 bits per heavy atom. The van der Waals surface area contributed by atoms with Gasteiger partial charge < -0.3 is 14.7 Å². The first kappa shape index (κ1) is 32.6. The molecule has 2 atom stereocenters. The standard InChI is InChI=1S/C37H37F3N4O2/c1-42(2)32-21-23-43(26-32)36(46)34(24-28-8-4-3-5-9-28)44(25-29-11-16-30(17-12-29)33-10-6-7-22-41-33)35(45)20-15-27-13-18-31(19-14-27)37(38,39)40/h3-20,22,32,34H,21,23-26H2,1-2H3. The molecule has 1 fully saturated rings. The fourth-order valence-electron chi connectivity index (χ4n) is 5.64. The second-order valence-electron chi connectivity index (χ2n) is 11.7. The van der Waals surface area contributed by atoms with E-state index in [1.54, 1.807) is 11.1 Å². The number of nitrogens with zero attached hydrogens (tertiary/aromatic N) is 4. The molecule has 6 nitrogen and oxygen atoms in total. The Kier molecular flexibility index (Phi) is 10.3. The highest BCUT2D eigenvalue weighted by atomic mass is 19.4. The van der Waals surface area contributed by atoms with Crippen LogP contribution in [-0.2, 0) is 28.7 Å². The largest absolute Gasteiger partial charge is 0.416 e. The number of likely N-dealkylation sites (N-methyl/N-ethyl adjacent to an activating group) is 1. The molecule has 238 valence electrons. The second kappa shape index (κ2) is 14.6. The number of hydrogen-bond acceptors (Lipinski definition) is 4. The van der Waals surface area contributed by atoms with Crippen molar-refractivity contribution >= 4 is 17.9 Å². The molecule has 0 spiro atoms. The van der Waals surface area contributed by atoms with E-state index < -0.39 is 23.7 Å². The minimum Gasteiger partial charge on any atom is -0.339 e. The smallest absolute Gasteiger partial charge is 0.339 e. The van der Waals surface area contributed by atoms with Gasteiger partial charge in [-0.2, -0.15) is 13.2 Å². The topological polar surface area (TPSA) is 56.8 Å². The quantitative estimate of drug-likeness (QED) is 0.187. The Morgan fingerprint density at radius 2 is 1.61 bits per heavy atom. The van der Waals surface area contributed by atoms with Crippen molar-refractivity contribution in [1.82, 2.24) is 19.7 Å². The Morgan fingerprint density at radius 1 is 0.913 bits per heavy atom. The van der Waals surface area contributed by atoms with E-state index in [0.29, 0.717) is 25.1 Å². The summed E-state index contributed by atoms with van der Waals surface area (Å²) < 4.78 is 39.3. The van der Waals surface area contributed by atoms with Gasteiger partial charge in [0.15, 0.2) is 0 Å². The Bertz CT molecular complexity index is 1620. The van der Waals surface area contributed by atoms with Gasteiger partial charge in [-0.3, -0.25) is 14.6 Å². The van der Waals surface area contributed by atoms with Crippen LogP contribution in [0.2, 0.25) is 0 Å². The lowest BCUT2D eigenvalue weighted by Gasteiger charge is -2.33. The predicted molar refractivity (Wildman–Crippen MR) is 173 cm³/mol. The third kappa shape index (κ3) is 8.28. The molecule has 0 aliphatic carbocycles. The summed E-state index contributed by atoms with van der Waals surface area (Å²) in [6.07, 6.45) is 1.26. The highest BCUT2D eigenvalue weighted by molar-refractivity contribution is 5.96. The van der Waals surface area contributed by atoms with E-state index in [9.17, 15) is 22.8 Å². The third-order valence-electron chi connectivity index (χ3n) is 8.35. The van der Waals surface area contributed by atoms with Crippen LogP contribution in [0.5, 0.6) is 0 Å². The van der Waals surface area contributed by atoms with Gasteiger partial charge in [0.2, 0.25) is 11.8 Å². The molecule has 3 aromatic carbocycles. The molecule has 46 heavy (non-hydrogen) atoms. The molecule has 0 saturated carbocycles. The van der Waals surface area contributed by atoms with E-state index in [-0.39, 0.29) is 18.5 Å². The summed E-state index contributed by atoms with van der Waals surface area (Å²) in [6.45, 7) is 1.32. The Hall–Kier alpha value is -4.76. The molecular formula is C37H37F3N4O2. The average Bonchev–Trinajstić information content (AvgIpc) is 3.57. The lowest BCUT2D eigenvalue weighted by molar-refractivity contribution is -0.143. The first-order valence-corrected chi connectivity index (χ1v) is 15.2. The van der Waals surface area contributed by atoms with Crippen molar-refractivity contribution in [2.75, 3.05) is 27.2 Å². The van der Waals surface area contributed by atoms with Gasteiger partial charge in [-0.1, -0.05) is 72.8 Å². The van der Waals surface area contributed by atoms with Gasteiger partial charge in [0.05, 0.1) is 11.3 Å². The summed E-state index contributed by atoms with van der Waals surface area (Å²) in [5.74, 6) is -0.541. The fraction of sp³-hybridized carbons (Fsp3) is 0.270. The number of carbonyl (C=O) groups is 2. The van der Waals surface area contributed by atoms with Crippen LogP contribution < -0.4 is 0 Å². The zero-order valence-electron chi connectivity index (χ0n) is 25.9. The molecule has 5 rings (SSSR count). The zero-order valence-corrected chi connectivity index (χ0v) is 25.9. The number of benzene rings is 3. The molecule has 1 aromatic heterocycles. The van der Waals surface area contributed by atoms with E-state index >= 15 is 0 Å². The van der Waals surface area contributed by atoms with Crippen LogP contribution in [0.15, 0.2) is 109 Å². The lowest BCUT2D eigenvalue weighted by Crippen LogP contribution is -2.51. The molecule has 9 heteroatoms. The normalized spacial score (nSPS) is 15.8. The van der Waals surface area contributed by atoms with Gasteiger partial charge in [0, 0.05) is 49.9 Å². The first-order chi connectivity index (χ1) is 22.1. The summed E-state index contributed by atoms with van der Waals surface area (Å²) >= 11 is 0. The van der Waals surface area contributed by atoms with Crippen LogP contribution in [0, 0.1) is 0 Å². The number of rotatable bonds is 10. The van der Waals surface area contributed by atoms with Crippen molar-refractivity contribution in [2.24, 2.45) is 0 Å². The van der Waals surface area contributed by atoms with Crippen molar-refractivity contribution < 1.29 is 22.8 Å². The molecule has 0 bridgehead atoms. The molecule has 1 aliphatic heterocycles. The summed E-state index contributed by atoms with van der Waals surface area (Å²) in [6, 6.07) is 27.1. The number of aromatic nitrogens is 1. The number of likely N-dealkylation sites (tertiary alicyclic amines) is 1. The van der Waals surface area contributed by atoms with Crippen LogP contribution in [0.25, 0.3) is 17.3 Å². The average molecular weight is 627 g/mol. The molecule has 1 aliphatic rings. The van der Waals surface area contributed by atoms with E-state index in [0.717, 1.165) is 40.9 Å². The molecule has 2 unspecified atom stereocenters. The molecule has 2 heterocycles. The number of amides is 2. The van der Waals surface area contributed by atoms with Crippen molar-refractivity contribution in [2.45, 2.75) is 37.6 Å². The molecule has 4 aromatic rings. The van der Waals surface area contributed by atoms with Crippen molar-refractivity contribution in [3.05, 3.63) is 132 Å². The van der Waals surface area contributed by atoms with Crippen LogP contribution in [0.1, 0.15) is 28.7 Å². The van der Waals surface area contributed by atoms with Crippen molar-refractivity contribution in [1.29, 1.82) is 0 Å². The van der Waals surface area contributed by atoms with Gasteiger partial charge in [-0.25, -0.2) is 0 Å². The van der Waals surface area contributed by atoms with E-state index in [4.69, 9.17) is 0 Å². The summed E-state index contributed by atoms with van der Waals surface area (Å²) in [5, 5.41) is 0. The van der Waals surface area contributed by atoms with Crippen LogP contribution >= 0.6 is 0 Å². The van der Waals surface area contributed by atoms with Gasteiger partial charge in [-0.05, 0) is 67.5 Å². The van der Waals surface area contributed by atoms with Crippen molar-refractivity contribution in [3.8, 4) is 11.3 Å². The lowest BCUT2D eigenvalue weighted by atomic mass is 10.0. The third-order valence-corrected chi connectivity index (χ3v) is 8.35. The minimum atomic E-state index is -4.45. The first-order valence-electron chi connectivity index (χ1n) is 15.2. The number of halogens is 3. The number of hydrogen-bond donors (Lipinski definition) is 0. The second-order valence-corrected chi connectivity index (χ2v) is 11.7. The molecule has 2 amide bonds. The minimum absolute atomic E-state index is 0.130. The number of alkyl halides is 3. The maximum Gasteiger partial charge on any atom is 0.416 e. The molecule has 0 N–H and O–H groups in total. The monoisotopic (exact) mass is 626 g/mol. The maximum atomic E-state index is 14.3. The van der Waals surface area contributed by atoms with Gasteiger partial charge >= 0.3 is 6.18 Å². The number of pyridine rings is 1. The van der Waals surface area contributed by atoms with Crippen LogP contribution in [0.4, 0.5) is 13.2 Å². The summed E-state index contributed by atoms with van der Waals surface area (Å²) in [4.78, 5) is 38.2. The zero-order chi connectivity index (χ0) is 32.7. The van der Waals surface area contributed by atoms with Gasteiger partial charge in [0.25, 0.3) is 0 Å². The maximum absolute atomic E-state index is 14.3. The number of carbonyl (C=O) groups excluding carboxylic acids is 2. The highest BCUT2D eigenvalue weighted by Crippen LogP contribution is 2.29. The van der Waals surface area contributed by atoms with Gasteiger partial charge in [0.1, 0.15) is 6.04 Å². The molecule has 0 radical (unpaired) electrons. The highest BCUT2D eigenvalue weighted by Gasteiger charge is 2.36. The summed E-state index contributed by atoms with van der Waals surface area (Å²) in [7, 11) is 3.99. The Labute approximate surface area is 267 Å². The molecular weight excluding hydrogens is 589 g/mol.